The fraction of sp³-hybridized carbons (Fsp3) is 0.354. The van der Waals surface area contributed by atoms with E-state index in [1.165, 1.54) is 22.4 Å². The average molecular weight is 953 g/mol. The molecule has 0 saturated carbocycles. The van der Waals surface area contributed by atoms with Gasteiger partial charge in [-0.25, -0.2) is 14.6 Å². The van der Waals surface area contributed by atoms with E-state index in [0.717, 1.165) is 28.0 Å². The molecule has 6 N–H and O–H groups in total. The van der Waals surface area contributed by atoms with E-state index in [4.69, 9.17) is 23.9 Å². The summed E-state index contributed by atoms with van der Waals surface area (Å²) in [5.74, 6) is -2.11. The number of oxime groups is 1. The van der Waals surface area contributed by atoms with Crippen LogP contribution in [0, 0.1) is 5.92 Å². The number of β-lactam (4-membered cyclic amide) rings is 1. The highest BCUT2D eigenvalue weighted by Gasteiger charge is 2.41. The highest BCUT2D eigenvalue weighted by molar-refractivity contribution is 7.14. The summed E-state index contributed by atoms with van der Waals surface area (Å²) in [6.45, 7) is 9.09. The first-order valence-corrected chi connectivity index (χ1v) is 22.7. The first-order chi connectivity index (χ1) is 32.6. The lowest BCUT2D eigenvalue weighted by atomic mass is 9.98. The summed E-state index contributed by atoms with van der Waals surface area (Å²) in [7, 11) is 0. The van der Waals surface area contributed by atoms with Gasteiger partial charge in [-0.05, 0) is 43.4 Å². The summed E-state index contributed by atoms with van der Waals surface area (Å²) in [5.41, 5.74) is 1.32. The van der Waals surface area contributed by atoms with Gasteiger partial charge in [0.25, 0.3) is 5.91 Å². The Bertz CT molecular complexity index is 2550. The Kier molecular flexibility index (Phi) is 17.7. The Morgan fingerprint density at radius 2 is 1.53 bits per heavy atom. The van der Waals surface area contributed by atoms with Gasteiger partial charge in [-0.15, -0.1) is 11.3 Å². The lowest BCUT2D eigenvalue weighted by Gasteiger charge is -2.37. The lowest BCUT2D eigenvalue weighted by molar-refractivity contribution is -0.159. The topological polar surface area (TPSA) is 242 Å². The molecule has 1 fully saturated rings. The Hall–Kier alpha value is -7.29. The second-order valence-electron chi connectivity index (χ2n) is 17.0. The summed E-state index contributed by atoms with van der Waals surface area (Å²) < 4.78 is 18.3. The fourth-order valence-corrected chi connectivity index (χ4v) is 7.15. The van der Waals surface area contributed by atoms with Gasteiger partial charge >= 0.3 is 12.0 Å². The number of nitrogens with one attached hydrogen (secondary N) is 5. The van der Waals surface area contributed by atoms with Crippen molar-refractivity contribution >= 4 is 46.0 Å². The van der Waals surface area contributed by atoms with E-state index in [1.54, 1.807) is 20.8 Å². The number of carbonyl (C=O) groups is 4. The van der Waals surface area contributed by atoms with Gasteiger partial charge in [-0.1, -0.05) is 110 Å². The SMILES string of the molecule is CC(C)CC(ON=C(C(=O)NC1C(=O)NC1CNC(=O)NCc1cc(=O)c(OCc2ccccc2)cn1OCc1ccccc1)c1csc(NC(O)OC(C)(C)C)n1)C(=O)OCc1ccccc1. The number of esters is 1. The number of aromatic nitrogens is 2. The van der Waals surface area contributed by atoms with Crippen molar-refractivity contribution in [1.82, 2.24) is 31.0 Å². The van der Waals surface area contributed by atoms with Crippen LogP contribution in [0.15, 0.2) is 119 Å². The zero-order valence-corrected chi connectivity index (χ0v) is 39.1. The highest BCUT2D eigenvalue weighted by Crippen LogP contribution is 2.21. The molecule has 3 heterocycles. The molecule has 0 aliphatic carbocycles. The average Bonchev–Trinajstić information content (AvgIpc) is 3.77. The van der Waals surface area contributed by atoms with Crippen LogP contribution in [0.5, 0.6) is 5.75 Å². The van der Waals surface area contributed by atoms with Gasteiger partial charge in [-0.2, -0.15) is 4.73 Å². The third-order valence-corrected chi connectivity index (χ3v) is 10.6. The van der Waals surface area contributed by atoms with Crippen molar-refractivity contribution in [3.8, 4) is 5.75 Å². The number of aliphatic hydroxyl groups excluding tert-OH is 1. The number of hydrogen-bond acceptors (Lipinski definition) is 15. The van der Waals surface area contributed by atoms with Gasteiger partial charge in [0.15, 0.2) is 16.6 Å². The van der Waals surface area contributed by atoms with Crippen molar-refractivity contribution in [2.75, 3.05) is 11.9 Å². The molecule has 360 valence electrons. The molecular formula is C48H56N8O11S. The smallest absolute Gasteiger partial charge is 0.350 e. The predicted molar refractivity (Wildman–Crippen MR) is 252 cm³/mol. The van der Waals surface area contributed by atoms with Gasteiger partial charge in [0.1, 0.15) is 31.6 Å². The van der Waals surface area contributed by atoms with Crippen LogP contribution in [0.25, 0.3) is 0 Å². The Balaban J connectivity index is 1.11. The first kappa shape index (κ1) is 50.1. The molecule has 0 bridgehead atoms. The Morgan fingerprint density at radius 3 is 2.15 bits per heavy atom. The molecule has 4 atom stereocenters. The molecule has 0 spiro atoms. The van der Waals surface area contributed by atoms with E-state index in [1.807, 2.05) is 105 Å². The standard InChI is InChI=1S/C48H56N8O11S/c1-30(2)21-38(44(60)64-27-32-17-11-7-12-18-32)67-55-41(36-29-68-46(52-36)54-47(62)66-48(3,4)5)43(59)53-40-35(51-42(40)58)24-50-45(61)49-23-34-22-37(57)39(63-26-31-15-9-6-10-16-31)25-56(34)65-28-33-19-13-8-14-20-33/h6-20,22,25,29-30,35,38,40,47,62H,21,23-24,26-28H2,1-5H3,(H,51,58)(H,52,54)(H,53,59)(H2,49,50,61). The zero-order chi connectivity index (χ0) is 48.6. The summed E-state index contributed by atoms with van der Waals surface area (Å²) in [5, 5.41) is 29.6. The van der Waals surface area contributed by atoms with Crippen molar-refractivity contribution in [3.63, 3.8) is 0 Å². The molecule has 6 rings (SSSR count). The number of anilines is 1. The maximum Gasteiger partial charge on any atom is 0.350 e. The molecule has 3 aromatic carbocycles. The van der Waals surface area contributed by atoms with Crippen molar-refractivity contribution in [2.45, 2.75) is 97.6 Å². The summed E-state index contributed by atoms with van der Waals surface area (Å²) >= 11 is 1.03. The quantitative estimate of drug-likeness (QED) is 0.0175. The molecule has 2 aromatic heterocycles. The summed E-state index contributed by atoms with van der Waals surface area (Å²) in [4.78, 5) is 82.6. The van der Waals surface area contributed by atoms with Gasteiger partial charge in [-0.3, -0.25) is 14.4 Å². The molecule has 4 unspecified atom stereocenters. The third kappa shape index (κ3) is 15.4. The number of carbonyl (C=O) groups excluding carboxylic acids is 4. The summed E-state index contributed by atoms with van der Waals surface area (Å²) in [6, 6.07) is 26.6. The van der Waals surface area contributed by atoms with Crippen LogP contribution in [-0.2, 0) is 55.1 Å². The van der Waals surface area contributed by atoms with Crippen LogP contribution in [0.3, 0.4) is 0 Å². The highest BCUT2D eigenvalue weighted by atomic mass is 32.1. The number of thiazole rings is 1. The minimum Gasteiger partial charge on any atom is -0.483 e. The van der Waals surface area contributed by atoms with Gasteiger partial charge in [0.05, 0.1) is 30.1 Å². The molecule has 19 nitrogen and oxygen atoms in total. The Labute approximate surface area is 397 Å². The molecule has 68 heavy (non-hydrogen) atoms. The number of nitrogens with zero attached hydrogens (tertiary/aromatic N) is 3. The number of aliphatic hydroxyl groups is 1. The number of ether oxygens (including phenoxy) is 3. The minimum absolute atomic E-state index is 0.00490. The first-order valence-electron chi connectivity index (χ1n) is 21.9. The zero-order valence-electron chi connectivity index (χ0n) is 38.3. The Morgan fingerprint density at radius 1 is 0.897 bits per heavy atom. The van der Waals surface area contributed by atoms with E-state index in [2.05, 4.69) is 36.7 Å². The van der Waals surface area contributed by atoms with Crippen molar-refractivity contribution in [2.24, 2.45) is 11.1 Å². The molecule has 1 saturated heterocycles. The molecule has 1 aliphatic rings. The van der Waals surface area contributed by atoms with Crippen LogP contribution in [0.2, 0.25) is 0 Å². The van der Waals surface area contributed by atoms with Crippen molar-refractivity contribution < 1.29 is 48.2 Å². The number of rotatable bonds is 23. The van der Waals surface area contributed by atoms with Gasteiger partial charge in [0, 0.05) is 24.4 Å². The number of amides is 4. The van der Waals surface area contributed by atoms with Gasteiger partial charge < -0.3 is 55.6 Å². The molecule has 5 aromatic rings. The van der Waals surface area contributed by atoms with Crippen LogP contribution in [0.1, 0.15) is 69.1 Å². The molecule has 1 aliphatic heterocycles. The second kappa shape index (κ2) is 23.9. The van der Waals surface area contributed by atoms with Crippen LogP contribution >= 0.6 is 11.3 Å². The number of hydrogen-bond donors (Lipinski definition) is 6. The van der Waals surface area contributed by atoms with Crippen molar-refractivity contribution in [3.05, 3.63) is 147 Å². The maximum atomic E-state index is 14.0. The van der Waals surface area contributed by atoms with E-state index in [-0.39, 0.29) is 67.5 Å². The van der Waals surface area contributed by atoms with E-state index in [9.17, 15) is 29.1 Å². The van der Waals surface area contributed by atoms with E-state index >= 15 is 0 Å². The lowest BCUT2D eigenvalue weighted by Crippen LogP contribution is -2.72. The fourth-order valence-electron chi connectivity index (χ4n) is 6.44. The minimum atomic E-state index is -1.44. The largest absolute Gasteiger partial charge is 0.483 e. The van der Waals surface area contributed by atoms with Crippen LogP contribution < -0.4 is 41.6 Å². The van der Waals surface area contributed by atoms with Crippen LogP contribution in [-0.4, -0.2) is 81.1 Å². The number of benzene rings is 3. The molecule has 20 heteroatoms. The van der Waals surface area contributed by atoms with Crippen LogP contribution in [0.4, 0.5) is 9.93 Å². The molecule has 0 radical (unpaired) electrons. The predicted octanol–water partition coefficient (Wildman–Crippen LogP) is 4.38. The maximum absolute atomic E-state index is 14.0. The van der Waals surface area contributed by atoms with Gasteiger partial charge in [0.2, 0.25) is 23.9 Å². The second-order valence-corrected chi connectivity index (χ2v) is 17.9. The molecule has 4 amide bonds. The van der Waals surface area contributed by atoms with E-state index in [0.29, 0.717) is 5.69 Å². The molecular weight excluding hydrogens is 897 g/mol. The normalized spacial score (nSPS) is 15.5. The summed E-state index contributed by atoms with van der Waals surface area (Å²) in [6.07, 6.45) is -1.03. The number of pyridine rings is 1. The monoisotopic (exact) mass is 952 g/mol. The number of urea groups is 1. The van der Waals surface area contributed by atoms with E-state index < -0.39 is 59.4 Å². The third-order valence-electron chi connectivity index (χ3n) is 9.84. The van der Waals surface area contributed by atoms with Crippen molar-refractivity contribution in [1.29, 1.82) is 0 Å².